The van der Waals surface area contributed by atoms with E-state index in [9.17, 15) is 4.39 Å². The van der Waals surface area contributed by atoms with Crippen molar-refractivity contribution in [1.29, 1.82) is 0 Å². The third kappa shape index (κ3) is 2.85. The highest BCUT2D eigenvalue weighted by molar-refractivity contribution is 5.54. The van der Waals surface area contributed by atoms with Crippen LogP contribution in [0.1, 0.15) is 24.8 Å². The molecule has 3 rings (SSSR count). The van der Waals surface area contributed by atoms with Crippen LogP contribution in [0.25, 0.3) is 11.4 Å². The van der Waals surface area contributed by atoms with Crippen molar-refractivity contribution >= 4 is 0 Å². The molecule has 5 nitrogen and oxygen atoms in total. The number of tetrazole rings is 1. The predicted octanol–water partition coefficient (Wildman–Crippen LogP) is 2.36. The van der Waals surface area contributed by atoms with E-state index in [0.717, 1.165) is 25.0 Å². The minimum Gasteiger partial charge on any atom is -0.376 e. The van der Waals surface area contributed by atoms with Crippen LogP contribution in [0.15, 0.2) is 18.2 Å². The summed E-state index contributed by atoms with van der Waals surface area (Å²) in [4.78, 5) is 1.56. The number of halogens is 1. The van der Waals surface area contributed by atoms with E-state index in [0.29, 0.717) is 17.9 Å². The minimum absolute atomic E-state index is 0.167. The van der Waals surface area contributed by atoms with Gasteiger partial charge < -0.3 is 4.74 Å². The van der Waals surface area contributed by atoms with Crippen molar-refractivity contribution in [2.45, 2.75) is 38.8 Å². The molecule has 0 N–H and O–H groups in total. The normalized spacial score (nSPS) is 19.2. The highest BCUT2D eigenvalue weighted by atomic mass is 19.1. The molecule has 1 aliphatic rings. The van der Waals surface area contributed by atoms with E-state index in [1.807, 2.05) is 0 Å². The summed E-state index contributed by atoms with van der Waals surface area (Å²) in [6.07, 6.45) is 3.51. The molecular weight excluding hydrogens is 259 g/mol. The van der Waals surface area contributed by atoms with Crippen LogP contribution >= 0.6 is 0 Å². The monoisotopic (exact) mass is 276 g/mol. The van der Waals surface area contributed by atoms with Gasteiger partial charge in [0.2, 0.25) is 5.82 Å². The van der Waals surface area contributed by atoms with Gasteiger partial charge in [-0.2, -0.15) is 4.80 Å². The van der Waals surface area contributed by atoms with Gasteiger partial charge >= 0.3 is 0 Å². The number of nitrogens with zero attached hydrogens (tertiary/aromatic N) is 4. The van der Waals surface area contributed by atoms with Gasteiger partial charge in [0, 0.05) is 12.2 Å². The Morgan fingerprint density at radius 1 is 1.40 bits per heavy atom. The Kier molecular flexibility index (Phi) is 3.73. The number of hydrogen-bond donors (Lipinski definition) is 0. The molecule has 106 valence electrons. The van der Waals surface area contributed by atoms with Crippen molar-refractivity contribution in [3.8, 4) is 11.4 Å². The van der Waals surface area contributed by atoms with Crippen LogP contribution in [0.4, 0.5) is 4.39 Å². The largest absolute Gasteiger partial charge is 0.376 e. The van der Waals surface area contributed by atoms with E-state index in [-0.39, 0.29) is 11.9 Å². The highest BCUT2D eigenvalue weighted by Gasteiger charge is 2.16. The quantitative estimate of drug-likeness (QED) is 0.863. The Bertz CT molecular complexity index is 593. The molecular formula is C14H17FN4O. The van der Waals surface area contributed by atoms with Crippen LogP contribution in [0.3, 0.4) is 0 Å². The Hall–Kier alpha value is -1.82. The number of rotatable bonds is 3. The minimum atomic E-state index is -0.225. The van der Waals surface area contributed by atoms with E-state index in [1.54, 1.807) is 23.9 Å². The van der Waals surface area contributed by atoms with Gasteiger partial charge in [0.1, 0.15) is 5.82 Å². The van der Waals surface area contributed by atoms with E-state index >= 15 is 0 Å². The van der Waals surface area contributed by atoms with Gasteiger partial charge in [-0.3, -0.25) is 0 Å². The molecule has 0 radical (unpaired) electrons. The second-order valence-corrected chi connectivity index (χ2v) is 5.12. The number of aryl methyl sites for hydroxylation is 1. The van der Waals surface area contributed by atoms with Crippen molar-refractivity contribution in [3.63, 3.8) is 0 Å². The van der Waals surface area contributed by atoms with E-state index in [2.05, 4.69) is 15.4 Å². The number of hydrogen-bond acceptors (Lipinski definition) is 4. The van der Waals surface area contributed by atoms with Crippen LogP contribution in [-0.4, -0.2) is 32.9 Å². The molecule has 0 aliphatic carbocycles. The zero-order valence-corrected chi connectivity index (χ0v) is 11.4. The number of ether oxygens (including phenoxy) is 1. The third-order valence-corrected chi connectivity index (χ3v) is 3.51. The predicted molar refractivity (Wildman–Crippen MR) is 71.5 cm³/mol. The standard InChI is InChI=1S/C14H17FN4O/c1-10-8-11(5-6-13(10)15)14-16-18-19(17-14)9-12-4-2-3-7-20-12/h5-6,8,12H,2-4,7,9H2,1H3. The van der Waals surface area contributed by atoms with Gasteiger partial charge in [-0.05, 0) is 55.2 Å². The third-order valence-electron chi connectivity index (χ3n) is 3.51. The van der Waals surface area contributed by atoms with Crippen molar-refractivity contribution < 1.29 is 9.13 Å². The van der Waals surface area contributed by atoms with Crippen LogP contribution in [-0.2, 0) is 11.3 Å². The summed E-state index contributed by atoms with van der Waals surface area (Å²) in [5, 5.41) is 12.4. The Morgan fingerprint density at radius 2 is 2.30 bits per heavy atom. The summed E-state index contributed by atoms with van der Waals surface area (Å²) in [6.45, 7) is 3.15. The Balaban J connectivity index is 1.73. The lowest BCUT2D eigenvalue weighted by Gasteiger charge is -2.21. The smallest absolute Gasteiger partial charge is 0.204 e. The SMILES string of the molecule is Cc1cc(-c2nnn(CC3CCCCO3)n2)ccc1F. The number of benzene rings is 1. The number of aromatic nitrogens is 4. The first-order chi connectivity index (χ1) is 9.72. The second kappa shape index (κ2) is 5.66. The molecule has 1 aliphatic heterocycles. The first kappa shape index (κ1) is 13.2. The van der Waals surface area contributed by atoms with Gasteiger partial charge in [0.15, 0.2) is 0 Å². The lowest BCUT2D eigenvalue weighted by molar-refractivity contribution is 0.00133. The van der Waals surface area contributed by atoms with Gasteiger partial charge in [0.05, 0.1) is 12.6 Å². The molecule has 1 aromatic carbocycles. The zero-order valence-electron chi connectivity index (χ0n) is 11.4. The molecule has 1 saturated heterocycles. The van der Waals surface area contributed by atoms with Crippen molar-refractivity contribution in [2.75, 3.05) is 6.61 Å². The van der Waals surface area contributed by atoms with Gasteiger partial charge in [-0.15, -0.1) is 10.2 Å². The molecule has 0 spiro atoms. The van der Waals surface area contributed by atoms with Crippen molar-refractivity contribution in [3.05, 3.63) is 29.6 Å². The molecule has 1 aromatic heterocycles. The second-order valence-electron chi connectivity index (χ2n) is 5.12. The maximum atomic E-state index is 13.3. The molecule has 1 unspecified atom stereocenters. The average Bonchev–Trinajstić information content (AvgIpc) is 2.91. The first-order valence-electron chi connectivity index (χ1n) is 6.88. The maximum absolute atomic E-state index is 13.3. The Morgan fingerprint density at radius 3 is 3.05 bits per heavy atom. The van der Waals surface area contributed by atoms with Gasteiger partial charge in [-0.1, -0.05) is 0 Å². The van der Waals surface area contributed by atoms with Crippen LogP contribution in [0.5, 0.6) is 0 Å². The van der Waals surface area contributed by atoms with Crippen LogP contribution in [0, 0.1) is 12.7 Å². The molecule has 20 heavy (non-hydrogen) atoms. The highest BCUT2D eigenvalue weighted by Crippen LogP contribution is 2.18. The van der Waals surface area contributed by atoms with Gasteiger partial charge in [-0.25, -0.2) is 4.39 Å². The first-order valence-corrected chi connectivity index (χ1v) is 6.88. The molecule has 6 heteroatoms. The molecule has 0 amide bonds. The average molecular weight is 276 g/mol. The lowest BCUT2D eigenvalue weighted by Crippen LogP contribution is -2.25. The van der Waals surface area contributed by atoms with Gasteiger partial charge in [0.25, 0.3) is 0 Å². The van der Waals surface area contributed by atoms with Crippen molar-refractivity contribution in [2.24, 2.45) is 0 Å². The van der Waals surface area contributed by atoms with E-state index in [1.165, 1.54) is 12.5 Å². The summed E-state index contributed by atoms with van der Waals surface area (Å²) in [5.74, 6) is 0.292. The summed E-state index contributed by atoms with van der Waals surface area (Å²) in [7, 11) is 0. The molecule has 2 aromatic rings. The van der Waals surface area contributed by atoms with Crippen LogP contribution < -0.4 is 0 Å². The molecule has 1 fully saturated rings. The van der Waals surface area contributed by atoms with E-state index in [4.69, 9.17) is 4.74 Å². The van der Waals surface area contributed by atoms with Crippen molar-refractivity contribution in [1.82, 2.24) is 20.2 Å². The lowest BCUT2D eigenvalue weighted by atomic mass is 10.1. The molecule has 1 atom stereocenters. The maximum Gasteiger partial charge on any atom is 0.204 e. The van der Waals surface area contributed by atoms with Crippen LogP contribution in [0.2, 0.25) is 0 Å². The summed E-state index contributed by atoms with van der Waals surface area (Å²) < 4.78 is 18.9. The molecule has 0 bridgehead atoms. The fraction of sp³-hybridized carbons (Fsp3) is 0.500. The molecule has 0 saturated carbocycles. The fourth-order valence-corrected chi connectivity index (χ4v) is 2.35. The summed E-state index contributed by atoms with van der Waals surface area (Å²) in [6, 6.07) is 4.82. The topological polar surface area (TPSA) is 52.8 Å². The molecule has 2 heterocycles. The van der Waals surface area contributed by atoms with E-state index < -0.39 is 0 Å². The fourth-order valence-electron chi connectivity index (χ4n) is 2.35. The summed E-state index contributed by atoms with van der Waals surface area (Å²) >= 11 is 0. The summed E-state index contributed by atoms with van der Waals surface area (Å²) in [5.41, 5.74) is 1.36. The Labute approximate surface area is 116 Å². The zero-order chi connectivity index (χ0) is 13.9.